The third kappa shape index (κ3) is 1.94. The van der Waals surface area contributed by atoms with Gasteiger partial charge in [0.2, 0.25) is 5.91 Å². The molecule has 2 unspecified atom stereocenters. The van der Waals surface area contributed by atoms with Crippen molar-refractivity contribution in [2.45, 2.75) is 32.2 Å². The summed E-state index contributed by atoms with van der Waals surface area (Å²) in [5.41, 5.74) is 4.89. The summed E-state index contributed by atoms with van der Waals surface area (Å²) < 4.78 is 9.47. The van der Waals surface area contributed by atoms with E-state index in [0.29, 0.717) is 0 Å². The van der Waals surface area contributed by atoms with Crippen LogP contribution in [-0.4, -0.2) is 30.2 Å². The fourth-order valence-corrected chi connectivity index (χ4v) is 0.807. The Bertz CT molecular complexity index is 213. The van der Waals surface area contributed by atoms with Crippen LogP contribution in [0, 0.1) is 0 Å². The number of hydrogen-bond donors (Lipinski definition) is 1. The Balaban J connectivity index is 2.33. The molecule has 1 heterocycles. The zero-order valence-corrected chi connectivity index (χ0v) is 6.94. The molecule has 5 heteroatoms. The predicted octanol–water partition coefficient (Wildman–Crippen LogP) is -0.809. The first-order chi connectivity index (χ1) is 5.52. The van der Waals surface area contributed by atoms with Gasteiger partial charge in [-0.2, -0.15) is 0 Å². The molecule has 0 bridgehead atoms. The fourth-order valence-electron chi connectivity index (χ4n) is 0.807. The third-order valence-electron chi connectivity index (χ3n) is 1.36. The lowest BCUT2D eigenvalue weighted by Gasteiger charge is -2.04. The van der Waals surface area contributed by atoms with Crippen molar-refractivity contribution in [1.29, 1.82) is 0 Å². The molecular formula is C7H11NO4. The highest BCUT2D eigenvalue weighted by Gasteiger charge is 2.50. The van der Waals surface area contributed by atoms with Gasteiger partial charge in [-0.05, 0) is 13.8 Å². The molecule has 0 aromatic carbocycles. The number of carbonyl (C=O) groups is 2. The van der Waals surface area contributed by atoms with Gasteiger partial charge in [-0.25, -0.2) is 4.79 Å². The van der Waals surface area contributed by atoms with Crippen LogP contribution < -0.4 is 5.73 Å². The smallest absolute Gasteiger partial charge is 0.338 e. The number of primary amides is 1. The lowest BCUT2D eigenvalue weighted by Crippen LogP contribution is -2.25. The first-order valence-electron chi connectivity index (χ1n) is 3.67. The van der Waals surface area contributed by atoms with Gasteiger partial charge in [-0.1, -0.05) is 0 Å². The normalized spacial score (nSPS) is 26.9. The minimum Gasteiger partial charge on any atom is -0.461 e. The summed E-state index contributed by atoms with van der Waals surface area (Å²) in [4.78, 5) is 21.4. The summed E-state index contributed by atoms with van der Waals surface area (Å²) in [5, 5.41) is 0. The topological polar surface area (TPSA) is 81.9 Å². The summed E-state index contributed by atoms with van der Waals surface area (Å²) in [6.45, 7) is 3.44. The quantitative estimate of drug-likeness (QED) is 0.447. The van der Waals surface area contributed by atoms with Crippen LogP contribution in [0.25, 0.3) is 0 Å². The van der Waals surface area contributed by atoms with Crippen LogP contribution in [0.5, 0.6) is 0 Å². The summed E-state index contributed by atoms with van der Waals surface area (Å²) >= 11 is 0. The van der Waals surface area contributed by atoms with E-state index in [1.807, 2.05) is 0 Å². The zero-order valence-electron chi connectivity index (χ0n) is 6.94. The number of carbonyl (C=O) groups excluding carboxylic acids is 2. The predicted molar refractivity (Wildman–Crippen MR) is 39.1 cm³/mol. The minimum absolute atomic E-state index is 0.199. The van der Waals surface area contributed by atoms with E-state index in [0.717, 1.165) is 0 Å². The monoisotopic (exact) mass is 173 g/mol. The highest BCUT2D eigenvalue weighted by atomic mass is 16.6. The van der Waals surface area contributed by atoms with Gasteiger partial charge < -0.3 is 15.2 Å². The summed E-state index contributed by atoms with van der Waals surface area (Å²) in [5.74, 6) is -1.14. The molecule has 0 aromatic rings. The maximum absolute atomic E-state index is 11.0. The number of rotatable bonds is 3. The van der Waals surface area contributed by atoms with Crippen molar-refractivity contribution in [2.75, 3.05) is 0 Å². The lowest BCUT2D eigenvalue weighted by atomic mass is 10.3. The molecule has 0 radical (unpaired) electrons. The average Bonchev–Trinajstić information content (AvgIpc) is 2.61. The highest BCUT2D eigenvalue weighted by Crippen LogP contribution is 2.23. The average molecular weight is 173 g/mol. The third-order valence-corrected chi connectivity index (χ3v) is 1.36. The molecule has 1 rings (SSSR count). The van der Waals surface area contributed by atoms with E-state index in [4.69, 9.17) is 15.2 Å². The largest absolute Gasteiger partial charge is 0.461 e. The zero-order chi connectivity index (χ0) is 9.30. The molecule has 1 amide bonds. The number of amides is 1. The van der Waals surface area contributed by atoms with Gasteiger partial charge in [0.15, 0.2) is 12.2 Å². The molecule has 12 heavy (non-hydrogen) atoms. The van der Waals surface area contributed by atoms with Crippen LogP contribution in [0.3, 0.4) is 0 Å². The molecule has 1 fully saturated rings. The van der Waals surface area contributed by atoms with Crippen LogP contribution >= 0.6 is 0 Å². The Hall–Kier alpha value is -1.10. The van der Waals surface area contributed by atoms with Crippen LogP contribution in [0.1, 0.15) is 13.8 Å². The summed E-state index contributed by atoms with van der Waals surface area (Å²) in [7, 11) is 0. The van der Waals surface area contributed by atoms with Crippen molar-refractivity contribution in [2.24, 2.45) is 5.73 Å². The summed E-state index contributed by atoms with van der Waals surface area (Å²) in [6, 6.07) is 0. The minimum atomic E-state index is -0.781. The Morgan fingerprint density at radius 1 is 1.42 bits per heavy atom. The van der Waals surface area contributed by atoms with E-state index < -0.39 is 24.1 Å². The standard InChI is InChI=1S/C7H11NO4/c1-3(2)11-7(10)5-4(12-5)6(8)9/h3-5H,1-2H3,(H2,8,9). The molecule has 2 atom stereocenters. The molecule has 1 aliphatic heterocycles. The first-order valence-corrected chi connectivity index (χ1v) is 3.67. The van der Waals surface area contributed by atoms with Crippen LogP contribution in [0.2, 0.25) is 0 Å². The van der Waals surface area contributed by atoms with E-state index in [1.165, 1.54) is 0 Å². The Labute approximate surface area is 69.8 Å². The van der Waals surface area contributed by atoms with Crippen molar-refractivity contribution in [3.05, 3.63) is 0 Å². The van der Waals surface area contributed by atoms with Crippen molar-refractivity contribution in [3.63, 3.8) is 0 Å². The van der Waals surface area contributed by atoms with E-state index in [-0.39, 0.29) is 6.10 Å². The maximum atomic E-state index is 11.0. The van der Waals surface area contributed by atoms with Gasteiger partial charge in [0.25, 0.3) is 0 Å². The van der Waals surface area contributed by atoms with Crippen molar-refractivity contribution < 1.29 is 19.1 Å². The SMILES string of the molecule is CC(C)OC(=O)C1OC1C(N)=O. The van der Waals surface area contributed by atoms with Gasteiger partial charge in [-0.15, -0.1) is 0 Å². The second-order valence-electron chi connectivity index (χ2n) is 2.87. The van der Waals surface area contributed by atoms with Crippen molar-refractivity contribution in [1.82, 2.24) is 0 Å². The van der Waals surface area contributed by atoms with E-state index in [2.05, 4.69) is 0 Å². The number of ether oxygens (including phenoxy) is 2. The molecule has 1 aliphatic rings. The fraction of sp³-hybridized carbons (Fsp3) is 0.714. The van der Waals surface area contributed by atoms with Crippen LogP contribution in [-0.2, 0) is 19.1 Å². The maximum Gasteiger partial charge on any atom is 0.338 e. The van der Waals surface area contributed by atoms with E-state index >= 15 is 0 Å². The molecule has 0 aliphatic carbocycles. The molecule has 5 nitrogen and oxygen atoms in total. The number of esters is 1. The van der Waals surface area contributed by atoms with Crippen LogP contribution in [0.4, 0.5) is 0 Å². The summed E-state index contributed by atoms with van der Waals surface area (Å²) in [6.07, 6.45) is -1.75. The molecule has 0 spiro atoms. The molecule has 0 aromatic heterocycles. The lowest BCUT2D eigenvalue weighted by molar-refractivity contribution is -0.149. The Kier molecular flexibility index (Phi) is 2.32. The first kappa shape index (κ1) is 8.99. The molecule has 1 saturated heterocycles. The van der Waals surface area contributed by atoms with Gasteiger partial charge in [0, 0.05) is 0 Å². The van der Waals surface area contributed by atoms with Gasteiger partial charge in [0.1, 0.15) is 0 Å². The van der Waals surface area contributed by atoms with Gasteiger partial charge in [0.05, 0.1) is 6.10 Å². The van der Waals surface area contributed by atoms with Gasteiger partial charge >= 0.3 is 5.97 Å². The van der Waals surface area contributed by atoms with Crippen molar-refractivity contribution in [3.8, 4) is 0 Å². The molecule has 0 saturated carbocycles. The van der Waals surface area contributed by atoms with Crippen LogP contribution in [0.15, 0.2) is 0 Å². The van der Waals surface area contributed by atoms with Gasteiger partial charge in [-0.3, -0.25) is 4.79 Å². The van der Waals surface area contributed by atoms with E-state index in [9.17, 15) is 9.59 Å². The molecule has 2 N–H and O–H groups in total. The number of nitrogens with two attached hydrogens (primary N) is 1. The van der Waals surface area contributed by atoms with E-state index in [1.54, 1.807) is 13.8 Å². The Morgan fingerprint density at radius 2 is 2.00 bits per heavy atom. The molecule has 68 valence electrons. The number of hydrogen-bond acceptors (Lipinski definition) is 4. The molecular weight excluding hydrogens is 162 g/mol. The highest BCUT2D eigenvalue weighted by molar-refractivity contribution is 5.91. The second kappa shape index (κ2) is 3.10. The second-order valence-corrected chi connectivity index (χ2v) is 2.87. The number of epoxide rings is 1. The Morgan fingerprint density at radius 3 is 2.33 bits per heavy atom. The van der Waals surface area contributed by atoms with Crippen molar-refractivity contribution >= 4 is 11.9 Å².